The predicted molar refractivity (Wildman–Crippen MR) is 134 cm³/mol. The van der Waals surface area contributed by atoms with Crippen LogP contribution in [0.5, 0.6) is 0 Å². The number of amides is 1. The van der Waals surface area contributed by atoms with E-state index in [0.29, 0.717) is 21.7 Å². The average Bonchev–Trinajstić information content (AvgIpc) is 2.81. The van der Waals surface area contributed by atoms with E-state index in [1.165, 1.54) is 22.8 Å². The second-order valence-electron chi connectivity index (χ2n) is 7.51. The lowest BCUT2D eigenvalue weighted by Gasteiger charge is -2.18. The van der Waals surface area contributed by atoms with Gasteiger partial charge in [-0.15, -0.1) is 0 Å². The van der Waals surface area contributed by atoms with Crippen LogP contribution in [0.3, 0.4) is 0 Å². The molecule has 3 aromatic carbocycles. The van der Waals surface area contributed by atoms with E-state index in [1.807, 2.05) is 31.2 Å². The molecule has 4 aromatic rings. The number of carbonyl (C=O) groups is 1. The summed E-state index contributed by atoms with van der Waals surface area (Å²) in [6.07, 6.45) is 0. The topological polar surface area (TPSA) is 107 Å². The Morgan fingerprint density at radius 3 is 2.59 bits per heavy atom. The van der Waals surface area contributed by atoms with E-state index in [2.05, 4.69) is 10.3 Å². The van der Waals surface area contributed by atoms with Crippen LogP contribution in [0.25, 0.3) is 16.6 Å². The first-order chi connectivity index (χ1) is 16.3. The van der Waals surface area contributed by atoms with Gasteiger partial charge < -0.3 is 5.32 Å². The van der Waals surface area contributed by atoms with E-state index in [9.17, 15) is 19.7 Å². The fourth-order valence-corrected chi connectivity index (χ4v) is 4.47. The van der Waals surface area contributed by atoms with Crippen molar-refractivity contribution in [2.75, 3.05) is 5.32 Å². The maximum absolute atomic E-state index is 13.4. The van der Waals surface area contributed by atoms with Crippen LogP contribution in [0, 0.1) is 17.0 Å². The van der Waals surface area contributed by atoms with Gasteiger partial charge in [-0.25, -0.2) is 4.98 Å². The van der Waals surface area contributed by atoms with E-state index >= 15 is 0 Å². The molecule has 1 atom stereocenters. The van der Waals surface area contributed by atoms with Gasteiger partial charge in [0.15, 0.2) is 5.16 Å². The Bertz CT molecular complexity index is 1490. The lowest BCUT2D eigenvalue weighted by atomic mass is 10.2. The smallest absolute Gasteiger partial charge is 0.271 e. The first kappa shape index (κ1) is 23.5. The van der Waals surface area contributed by atoms with Gasteiger partial charge in [-0.1, -0.05) is 53.7 Å². The molecule has 1 amide bonds. The van der Waals surface area contributed by atoms with Gasteiger partial charge in [0.2, 0.25) is 5.91 Å². The van der Waals surface area contributed by atoms with Crippen LogP contribution >= 0.6 is 23.4 Å². The summed E-state index contributed by atoms with van der Waals surface area (Å²) >= 11 is 7.23. The van der Waals surface area contributed by atoms with Gasteiger partial charge >= 0.3 is 0 Å². The number of nitro benzene ring substituents is 1. The number of rotatable bonds is 6. The second kappa shape index (κ2) is 9.66. The van der Waals surface area contributed by atoms with Crippen LogP contribution < -0.4 is 10.9 Å². The van der Waals surface area contributed by atoms with E-state index < -0.39 is 16.1 Å². The number of anilines is 1. The van der Waals surface area contributed by atoms with E-state index in [0.717, 1.165) is 17.3 Å². The Labute approximate surface area is 203 Å². The Balaban J connectivity index is 1.72. The fraction of sp³-hybridized carbons (Fsp3) is 0.125. The number of hydrogen-bond acceptors (Lipinski definition) is 6. The Hall–Kier alpha value is -3.69. The molecule has 0 aliphatic rings. The third-order valence-electron chi connectivity index (χ3n) is 5.17. The van der Waals surface area contributed by atoms with Crippen molar-refractivity contribution in [3.05, 3.63) is 97.8 Å². The first-order valence-corrected chi connectivity index (χ1v) is 11.5. The van der Waals surface area contributed by atoms with Crippen molar-refractivity contribution in [2.45, 2.75) is 24.3 Å². The highest BCUT2D eigenvalue weighted by atomic mass is 35.5. The molecule has 0 aliphatic heterocycles. The van der Waals surface area contributed by atoms with Gasteiger partial charge in [-0.3, -0.25) is 24.3 Å². The maximum Gasteiger partial charge on any atom is 0.271 e. The van der Waals surface area contributed by atoms with Crippen molar-refractivity contribution in [3.63, 3.8) is 0 Å². The van der Waals surface area contributed by atoms with Crippen LogP contribution in [0.4, 0.5) is 11.4 Å². The Morgan fingerprint density at radius 2 is 1.85 bits per heavy atom. The zero-order chi connectivity index (χ0) is 24.4. The lowest BCUT2D eigenvalue weighted by Crippen LogP contribution is -2.26. The van der Waals surface area contributed by atoms with Crippen molar-refractivity contribution in [1.29, 1.82) is 0 Å². The molecule has 0 unspecified atom stereocenters. The standard InChI is InChI=1S/C24H19ClN4O4S/c1-14-7-3-6-10-21(14)28-23(31)17-8-4-5-9-19(17)27-24(28)34-15(2)22(30)26-20-13-16(29(32)33)11-12-18(20)25/h3-13,15H,1-2H3,(H,26,30)/t15-/m1/s1. The molecule has 172 valence electrons. The number of hydrogen-bond donors (Lipinski definition) is 1. The van der Waals surface area contributed by atoms with Gasteiger partial charge in [0.25, 0.3) is 11.2 Å². The highest BCUT2D eigenvalue weighted by Crippen LogP contribution is 2.30. The van der Waals surface area contributed by atoms with Crippen molar-refractivity contribution in [2.24, 2.45) is 0 Å². The Morgan fingerprint density at radius 1 is 1.15 bits per heavy atom. The molecular formula is C24H19ClN4O4S. The van der Waals surface area contributed by atoms with E-state index in [-0.39, 0.29) is 22.0 Å². The van der Waals surface area contributed by atoms with Gasteiger partial charge in [-0.2, -0.15) is 0 Å². The molecule has 0 saturated carbocycles. The normalized spacial score (nSPS) is 11.9. The number of benzene rings is 3. The lowest BCUT2D eigenvalue weighted by molar-refractivity contribution is -0.384. The number of para-hydroxylation sites is 2. The summed E-state index contributed by atoms with van der Waals surface area (Å²) in [6, 6.07) is 18.3. The number of halogens is 1. The summed E-state index contributed by atoms with van der Waals surface area (Å²) in [4.78, 5) is 41.5. The van der Waals surface area contributed by atoms with Crippen LogP contribution in [0.15, 0.2) is 76.7 Å². The average molecular weight is 495 g/mol. The quantitative estimate of drug-likeness (QED) is 0.167. The molecular weight excluding hydrogens is 476 g/mol. The number of carbonyl (C=O) groups excluding carboxylic acids is 1. The molecule has 10 heteroatoms. The molecule has 1 aromatic heterocycles. The molecule has 0 radical (unpaired) electrons. The van der Waals surface area contributed by atoms with Crippen LogP contribution in [0.2, 0.25) is 5.02 Å². The van der Waals surface area contributed by atoms with Gasteiger partial charge in [0.05, 0.1) is 37.5 Å². The van der Waals surface area contributed by atoms with Crippen molar-refractivity contribution >= 4 is 51.5 Å². The van der Waals surface area contributed by atoms with E-state index in [4.69, 9.17) is 11.6 Å². The van der Waals surface area contributed by atoms with E-state index in [1.54, 1.807) is 31.2 Å². The SMILES string of the molecule is Cc1ccccc1-n1c(S[C@H](C)C(=O)Nc2cc([N+](=O)[O-])ccc2Cl)nc2ccccc2c1=O. The molecule has 1 N–H and O–H groups in total. The van der Waals surface area contributed by atoms with Crippen LogP contribution in [0.1, 0.15) is 12.5 Å². The molecule has 1 heterocycles. The molecule has 0 aliphatic carbocycles. The van der Waals surface area contributed by atoms with Gasteiger partial charge in [0.1, 0.15) is 0 Å². The van der Waals surface area contributed by atoms with Crippen molar-refractivity contribution in [1.82, 2.24) is 9.55 Å². The zero-order valence-electron chi connectivity index (χ0n) is 18.2. The maximum atomic E-state index is 13.4. The number of nitrogens with one attached hydrogen (secondary N) is 1. The molecule has 0 bridgehead atoms. The number of nitro groups is 1. The molecule has 8 nitrogen and oxygen atoms in total. The minimum atomic E-state index is -0.696. The minimum absolute atomic E-state index is 0.135. The van der Waals surface area contributed by atoms with Gasteiger partial charge in [-0.05, 0) is 43.7 Å². The van der Waals surface area contributed by atoms with Crippen LogP contribution in [-0.2, 0) is 4.79 Å². The highest BCUT2D eigenvalue weighted by molar-refractivity contribution is 8.00. The number of nitrogens with zero attached hydrogens (tertiary/aromatic N) is 3. The fourth-order valence-electron chi connectivity index (χ4n) is 3.39. The monoisotopic (exact) mass is 494 g/mol. The molecule has 4 rings (SSSR count). The van der Waals surface area contributed by atoms with Crippen molar-refractivity contribution < 1.29 is 9.72 Å². The minimum Gasteiger partial charge on any atom is -0.324 e. The number of fused-ring (bicyclic) bond motifs is 1. The van der Waals surface area contributed by atoms with Gasteiger partial charge in [0, 0.05) is 12.1 Å². The largest absolute Gasteiger partial charge is 0.324 e. The zero-order valence-corrected chi connectivity index (χ0v) is 19.8. The summed E-state index contributed by atoms with van der Waals surface area (Å²) in [5, 5.41) is 14.0. The number of aromatic nitrogens is 2. The summed E-state index contributed by atoms with van der Waals surface area (Å²) in [6.45, 7) is 3.56. The van der Waals surface area contributed by atoms with Crippen molar-refractivity contribution in [3.8, 4) is 5.69 Å². The third kappa shape index (κ3) is 4.66. The summed E-state index contributed by atoms with van der Waals surface area (Å²) < 4.78 is 1.51. The highest BCUT2D eigenvalue weighted by Gasteiger charge is 2.22. The molecule has 0 fully saturated rings. The number of aryl methyl sites for hydroxylation is 1. The summed E-state index contributed by atoms with van der Waals surface area (Å²) in [5.74, 6) is -0.439. The number of non-ortho nitro benzene ring substituents is 1. The second-order valence-corrected chi connectivity index (χ2v) is 9.22. The molecule has 0 saturated heterocycles. The summed E-state index contributed by atoms with van der Waals surface area (Å²) in [5.41, 5.74) is 1.78. The van der Waals surface area contributed by atoms with Crippen LogP contribution in [-0.4, -0.2) is 25.6 Å². The molecule has 0 spiro atoms. The number of thioether (sulfide) groups is 1. The third-order valence-corrected chi connectivity index (χ3v) is 6.55. The molecule has 34 heavy (non-hydrogen) atoms. The Kier molecular flexibility index (Phi) is 6.67. The predicted octanol–water partition coefficient (Wildman–Crippen LogP) is 5.38. The first-order valence-electron chi connectivity index (χ1n) is 10.3. The summed E-state index contributed by atoms with van der Waals surface area (Å²) in [7, 11) is 0.